The zero-order chi connectivity index (χ0) is 19.4. The highest BCUT2D eigenvalue weighted by molar-refractivity contribution is 7.89. The largest absolute Gasteiger partial charge is 0.486 e. The highest BCUT2D eigenvalue weighted by Crippen LogP contribution is 2.34. The van der Waals surface area contributed by atoms with Crippen LogP contribution in [-0.2, 0) is 14.8 Å². The number of amides is 1. The van der Waals surface area contributed by atoms with Gasteiger partial charge in [-0.3, -0.25) is 4.79 Å². The molecule has 0 aliphatic carbocycles. The van der Waals surface area contributed by atoms with E-state index in [0.717, 1.165) is 0 Å². The Balaban J connectivity index is 1.71. The Morgan fingerprint density at radius 2 is 1.81 bits per heavy atom. The molecule has 0 fully saturated rings. The summed E-state index contributed by atoms with van der Waals surface area (Å²) in [7, 11) is -3.64. The van der Waals surface area contributed by atoms with Crippen molar-refractivity contribution >= 4 is 21.6 Å². The fourth-order valence-electron chi connectivity index (χ4n) is 2.90. The molecule has 0 spiro atoms. The van der Waals surface area contributed by atoms with Gasteiger partial charge in [-0.15, -0.1) is 0 Å². The molecule has 144 valence electrons. The molecular weight excluding hydrogens is 368 g/mol. The smallest absolute Gasteiger partial charge is 0.240 e. The minimum absolute atomic E-state index is 0.0880. The Morgan fingerprint density at radius 3 is 2.52 bits per heavy atom. The van der Waals surface area contributed by atoms with E-state index in [1.54, 1.807) is 49.4 Å². The van der Waals surface area contributed by atoms with Crippen LogP contribution in [0.4, 0.5) is 5.69 Å². The van der Waals surface area contributed by atoms with Gasteiger partial charge >= 0.3 is 0 Å². The quantitative estimate of drug-likeness (QED) is 0.816. The summed E-state index contributed by atoms with van der Waals surface area (Å²) in [6.45, 7) is 4.40. The van der Waals surface area contributed by atoms with Gasteiger partial charge in [-0.2, -0.15) is 0 Å². The first-order valence-electron chi connectivity index (χ1n) is 8.61. The lowest BCUT2D eigenvalue weighted by Gasteiger charge is -2.24. The molecule has 1 amide bonds. The van der Waals surface area contributed by atoms with E-state index in [-0.39, 0.29) is 23.9 Å². The van der Waals surface area contributed by atoms with Crippen LogP contribution in [-0.4, -0.2) is 40.6 Å². The van der Waals surface area contributed by atoms with Gasteiger partial charge in [0.1, 0.15) is 13.2 Å². The van der Waals surface area contributed by atoms with Crippen LogP contribution in [0.15, 0.2) is 47.4 Å². The van der Waals surface area contributed by atoms with Crippen molar-refractivity contribution in [1.29, 1.82) is 0 Å². The summed E-state index contributed by atoms with van der Waals surface area (Å²) in [5, 5.41) is 0. The lowest BCUT2D eigenvalue weighted by atomic mass is 10.2. The Kier molecular flexibility index (Phi) is 5.67. The lowest BCUT2D eigenvalue weighted by molar-refractivity contribution is -0.116. The standard InChI is InChI=1S/C19H22N2O5S/c1-14-5-3-4-6-19(14)27(23,24)20-9-10-21(15(2)22)16-7-8-17-18(13-16)26-12-11-25-17/h3-8,13,20H,9-12H2,1-2H3. The predicted molar refractivity (Wildman–Crippen MR) is 102 cm³/mol. The molecule has 1 aliphatic rings. The van der Waals surface area contributed by atoms with Gasteiger partial charge in [-0.25, -0.2) is 13.1 Å². The number of sulfonamides is 1. The van der Waals surface area contributed by atoms with Crippen molar-refractivity contribution in [2.75, 3.05) is 31.2 Å². The lowest BCUT2D eigenvalue weighted by Crippen LogP contribution is -2.37. The first-order valence-corrected chi connectivity index (χ1v) is 10.1. The van der Waals surface area contributed by atoms with E-state index >= 15 is 0 Å². The monoisotopic (exact) mass is 390 g/mol. The summed E-state index contributed by atoms with van der Waals surface area (Å²) >= 11 is 0. The first-order chi connectivity index (χ1) is 12.9. The molecule has 0 saturated heterocycles. The van der Waals surface area contributed by atoms with Crippen LogP contribution < -0.4 is 19.1 Å². The third-order valence-corrected chi connectivity index (χ3v) is 5.85. The van der Waals surface area contributed by atoms with Crippen molar-refractivity contribution in [2.45, 2.75) is 18.7 Å². The highest BCUT2D eigenvalue weighted by atomic mass is 32.2. The van der Waals surface area contributed by atoms with Crippen LogP contribution in [0.25, 0.3) is 0 Å². The summed E-state index contributed by atoms with van der Waals surface area (Å²) in [5.41, 5.74) is 1.29. The van der Waals surface area contributed by atoms with Crippen molar-refractivity contribution in [3.05, 3.63) is 48.0 Å². The van der Waals surface area contributed by atoms with Gasteiger partial charge in [0.15, 0.2) is 11.5 Å². The van der Waals surface area contributed by atoms with Gasteiger partial charge in [-0.05, 0) is 30.7 Å². The number of benzene rings is 2. The molecule has 0 saturated carbocycles. The van der Waals surface area contributed by atoms with E-state index in [9.17, 15) is 13.2 Å². The third kappa shape index (κ3) is 4.40. The molecule has 7 nitrogen and oxygen atoms in total. The number of nitrogens with one attached hydrogen (secondary N) is 1. The molecule has 2 aromatic carbocycles. The maximum absolute atomic E-state index is 12.5. The Bertz CT molecular complexity index is 943. The zero-order valence-electron chi connectivity index (χ0n) is 15.3. The number of nitrogens with zero attached hydrogens (tertiary/aromatic N) is 1. The Labute approximate surface area is 158 Å². The number of aryl methyl sites for hydroxylation is 1. The molecule has 0 aromatic heterocycles. The van der Waals surface area contributed by atoms with Gasteiger partial charge in [0.25, 0.3) is 0 Å². The fourth-order valence-corrected chi connectivity index (χ4v) is 4.16. The minimum Gasteiger partial charge on any atom is -0.486 e. The van der Waals surface area contributed by atoms with Crippen LogP contribution in [0.2, 0.25) is 0 Å². The number of ether oxygens (including phenoxy) is 2. The summed E-state index contributed by atoms with van der Waals surface area (Å²) in [4.78, 5) is 13.8. The molecule has 1 aliphatic heterocycles. The van der Waals surface area contributed by atoms with Crippen molar-refractivity contribution in [2.24, 2.45) is 0 Å². The molecule has 8 heteroatoms. The molecule has 0 atom stereocenters. The van der Waals surface area contributed by atoms with Gasteiger partial charge < -0.3 is 14.4 Å². The summed E-state index contributed by atoms with van der Waals surface area (Å²) in [6.07, 6.45) is 0. The second kappa shape index (κ2) is 7.98. The van der Waals surface area contributed by atoms with Crippen molar-refractivity contribution in [3.8, 4) is 11.5 Å². The number of fused-ring (bicyclic) bond motifs is 1. The molecule has 0 unspecified atom stereocenters. The molecule has 1 heterocycles. The number of carbonyl (C=O) groups is 1. The Morgan fingerprint density at radius 1 is 1.11 bits per heavy atom. The van der Waals surface area contributed by atoms with E-state index in [1.165, 1.54) is 11.8 Å². The SMILES string of the molecule is CC(=O)N(CCNS(=O)(=O)c1ccccc1C)c1ccc2c(c1)OCCO2. The van der Waals surface area contributed by atoms with Gasteiger partial charge in [0.05, 0.1) is 4.90 Å². The maximum atomic E-state index is 12.5. The van der Waals surface area contributed by atoms with E-state index in [1.807, 2.05) is 0 Å². The summed E-state index contributed by atoms with van der Waals surface area (Å²) in [6, 6.07) is 12.0. The van der Waals surface area contributed by atoms with Crippen LogP contribution in [0, 0.1) is 6.92 Å². The molecule has 2 aromatic rings. The minimum atomic E-state index is -3.64. The van der Waals surface area contributed by atoms with E-state index in [4.69, 9.17) is 9.47 Å². The van der Waals surface area contributed by atoms with Gasteiger partial charge in [-0.1, -0.05) is 18.2 Å². The summed E-state index contributed by atoms with van der Waals surface area (Å²) < 4.78 is 38.6. The molecule has 27 heavy (non-hydrogen) atoms. The average Bonchev–Trinajstić information content (AvgIpc) is 2.65. The normalized spacial score (nSPS) is 13.3. The number of rotatable bonds is 6. The number of anilines is 1. The first kappa shape index (κ1) is 19.2. The molecule has 1 N–H and O–H groups in total. The van der Waals surface area contributed by atoms with Crippen LogP contribution >= 0.6 is 0 Å². The maximum Gasteiger partial charge on any atom is 0.240 e. The topological polar surface area (TPSA) is 84.9 Å². The van der Waals surface area contributed by atoms with E-state index < -0.39 is 10.0 Å². The Hall–Kier alpha value is -2.58. The van der Waals surface area contributed by atoms with Crippen molar-refractivity contribution in [3.63, 3.8) is 0 Å². The third-order valence-electron chi connectivity index (χ3n) is 4.23. The average molecular weight is 390 g/mol. The molecule has 0 radical (unpaired) electrons. The van der Waals surface area contributed by atoms with Gasteiger partial charge in [0, 0.05) is 31.8 Å². The number of hydrogen-bond donors (Lipinski definition) is 1. The molecule has 3 rings (SSSR count). The number of carbonyl (C=O) groups excluding carboxylic acids is 1. The molecule has 0 bridgehead atoms. The van der Waals surface area contributed by atoms with Crippen LogP contribution in [0.3, 0.4) is 0 Å². The van der Waals surface area contributed by atoms with Crippen molar-refractivity contribution < 1.29 is 22.7 Å². The van der Waals surface area contributed by atoms with E-state index in [2.05, 4.69) is 4.72 Å². The van der Waals surface area contributed by atoms with Crippen molar-refractivity contribution in [1.82, 2.24) is 4.72 Å². The molecular formula is C19H22N2O5S. The highest BCUT2D eigenvalue weighted by Gasteiger charge is 2.19. The van der Waals surface area contributed by atoms with Crippen LogP contribution in [0.5, 0.6) is 11.5 Å². The second-order valence-corrected chi connectivity index (χ2v) is 7.90. The predicted octanol–water partition coefficient (Wildman–Crippen LogP) is 2.10. The van der Waals surface area contributed by atoms with E-state index in [0.29, 0.717) is 36.0 Å². The summed E-state index contributed by atoms with van der Waals surface area (Å²) in [5.74, 6) is 1.01. The number of hydrogen-bond acceptors (Lipinski definition) is 5. The zero-order valence-corrected chi connectivity index (χ0v) is 16.1. The second-order valence-electron chi connectivity index (χ2n) is 6.16. The van der Waals surface area contributed by atoms with Gasteiger partial charge in [0.2, 0.25) is 15.9 Å². The fraction of sp³-hybridized carbons (Fsp3) is 0.316. The van der Waals surface area contributed by atoms with Crippen LogP contribution in [0.1, 0.15) is 12.5 Å².